The number of β-amino-alcohol motifs (C(OH)–C–C–N with tert-alkyl or cyclic N) is 1. The van der Waals surface area contributed by atoms with Crippen molar-refractivity contribution in [2.75, 3.05) is 32.8 Å². The van der Waals surface area contributed by atoms with Crippen molar-refractivity contribution in [3.05, 3.63) is 24.3 Å². The summed E-state index contributed by atoms with van der Waals surface area (Å²) in [6.07, 6.45) is 2.94. The second kappa shape index (κ2) is 7.66. The standard InChI is InChI=1S/C17H27NO3/c1-3-9-17(19)13-18(14-17)10-12-21-16-7-5-15(6-8-16)20-11-4-2/h5-8,19H,3-4,9-14H2,1-2H3. The van der Waals surface area contributed by atoms with E-state index >= 15 is 0 Å². The minimum absolute atomic E-state index is 0.451. The highest BCUT2D eigenvalue weighted by atomic mass is 16.5. The third kappa shape index (κ3) is 4.90. The SMILES string of the molecule is CCCOc1ccc(OCCN2CC(O)(CCC)C2)cc1. The Morgan fingerprint density at radius 1 is 1.00 bits per heavy atom. The molecule has 4 nitrogen and oxygen atoms in total. The van der Waals surface area contributed by atoms with Crippen molar-refractivity contribution in [1.82, 2.24) is 4.90 Å². The lowest BCUT2D eigenvalue weighted by molar-refractivity contribution is -0.105. The van der Waals surface area contributed by atoms with Gasteiger partial charge in [-0.25, -0.2) is 0 Å². The Kier molecular flexibility index (Phi) is 5.88. The maximum atomic E-state index is 10.1. The van der Waals surface area contributed by atoms with Gasteiger partial charge in [-0.1, -0.05) is 20.3 Å². The summed E-state index contributed by atoms with van der Waals surface area (Å²) < 4.78 is 11.3. The van der Waals surface area contributed by atoms with Crippen molar-refractivity contribution in [2.45, 2.75) is 38.7 Å². The van der Waals surface area contributed by atoms with Crippen LogP contribution in [-0.4, -0.2) is 48.5 Å². The Bertz CT molecular complexity index is 413. The molecule has 0 atom stereocenters. The Labute approximate surface area is 127 Å². The molecule has 118 valence electrons. The number of rotatable bonds is 9. The highest BCUT2D eigenvalue weighted by Crippen LogP contribution is 2.25. The van der Waals surface area contributed by atoms with Gasteiger partial charge in [-0.3, -0.25) is 4.90 Å². The van der Waals surface area contributed by atoms with Crippen LogP contribution in [0.25, 0.3) is 0 Å². The average Bonchev–Trinajstić information content (AvgIpc) is 2.45. The fourth-order valence-corrected chi connectivity index (χ4v) is 2.71. The van der Waals surface area contributed by atoms with Gasteiger partial charge in [0, 0.05) is 19.6 Å². The Morgan fingerprint density at radius 3 is 2.10 bits per heavy atom. The third-order valence-corrected chi connectivity index (χ3v) is 3.72. The Balaban J connectivity index is 1.63. The van der Waals surface area contributed by atoms with Crippen LogP contribution < -0.4 is 9.47 Å². The molecule has 1 N–H and O–H groups in total. The lowest BCUT2D eigenvalue weighted by Gasteiger charge is -2.46. The second-order valence-corrected chi connectivity index (χ2v) is 5.85. The maximum absolute atomic E-state index is 10.1. The van der Waals surface area contributed by atoms with Gasteiger partial charge in [-0.2, -0.15) is 0 Å². The molecular formula is C17H27NO3. The summed E-state index contributed by atoms with van der Waals surface area (Å²) >= 11 is 0. The first-order valence-corrected chi connectivity index (χ1v) is 7.95. The van der Waals surface area contributed by atoms with Gasteiger partial charge in [-0.15, -0.1) is 0 Å². The van der Waals surface area contributed by atoms with Gasteiger partial charge in [0.1, 0.15) is 18.1 Å². The summed E-state index contributed by atoms with van der Waals surface area (Å²) in [5.41, 5.74) is -0.451. The van der Waals surface area contributed by atoms with Crippen LogP contribution in [0, 0.1) is 0 Å². The van der Waals surface area contributed by atoms with E-state index in [-0.39, 0.29) is 0 Å². The summed E-state index contributed by atoms with van der Waals surface area (Å²) in [5, 5.41) is 10.1. The number of hydrogen-bond donors (Lipinski definition) is 1. The molecule has 1 aliphatic rings. The number of benzene rings is 1. The molecule has 21 heavy (non-hydrogen) atoms. The van der Waals surface area contributed by atoms with Gasteiger partial charge in [0.15, 0.2) is 0 Å². The third-order valence-electron chi connectivity index (χ3n) is 3.72. The molecule has 0 amide bonds. The predicted octanol–water partition coefficient (Wildman–Crippen LogP) is 2.70. The first-order valence-electron chi connectivity index (χ1n) is 7.95. The van der Waals surface area contributed by atoms with E-state index in [0.29, 0.717) is 6.61 Å². The number of aliphatic hydroxyl groups is 1. The molecular weight excluding hydrogens is 266 g/mol. The lowest BCUT2D eigenvalue weighted by Crippen LogP contribution is -2.62. The topological polar surface area (TPSA) is 41.9 Å². The van der Waals surface area contributed by atoms with Crippen molar-refractivity contribution in [3.63, 3.8) is 0 Å². The number of ether oxygens (including phenoxy) is 2. The number of hydrogen-bond acceptors (Lipinski definition) is 4. The van der Waals surface area contributed by atoms with Gasteiger partial charge in [0.2, 0.25) is 0 Å². The Morgan fingerprint density at radius 2 is 1.57 bits per heavy atom. The minimum Gasteiger partial charge on any atom is -0.494 e. The summed E-state index contributed by atoms with van der Waals surface area (Å²) in [6, 6.07) is 7.76. The van der Waals surface area contributed by atoms with E-state index in [0.717, 1.165) is 57.0 Å². The van der Waals surface area contributed by atoms with E-state index in [1.165, 1.54) is 0 Å². The first kappa shape index (κ1) is 16.1. The van der Waals surface area contributed by atoms with Crippen molar-refractivity contribution in [1.29, 1.82) is 0 Å². The molecule has 0 bridgehead atoms. The van der Waals surface area contributed by atoms with Crippen LogP contribution in [0.15, 0.2) is 24.3 Å². The van der Waals surface area contributed by atoms with Gasteiger partial charge in [0.25, 0.3) is 0 Å². The van der Waals surface area contributed by atoms with Gasteiger partial charge in [0.05, 0.1) is 12.2 Å². The number of nitrogens with zero attached hydrogens (tertiary/aromatic N) is 1. The molecule has 1 fully saturated rings. The van der Waals surface area contributed by atoms with Crippen molar-refractivity contribution in [3.8, 4) is 11.5 Å². The molecule has 1 heterocycles. The van der Waals surface area contributed by atoms with Crippen LogP contribution in [0.4, 0.5) is 0 Å². The minimum atomic E-state index is -0.451. The fraction of sp³-hybridized carbons (Fsp3) is 0.647. The fourth-order valence-electron chi connectivity index (χ4n) is 2.71. The molecule has 1 saturated heterocycles. The first-order chi connectivity index (χ1) is 10.1. The average molecular weight is 293 g/mol. The van der Waals surface area contributed by atoms with Gasteiger partial charge < -0.3 is 14.6 Å². The molecule has 1 aliphatic heterocycles. The molecule has 0 radical (unpaired) electrons. The highest BCUT2D eigenvalue weighted by molar-refractivity contribution is 5.31. The van der Waals surface area contributed by atoms with Crippen LogP contribution in [0.3, 0.4) is 0 Å². The smallest absolute Gasteiger partial charge is 0.119 e. The molecule has 1 aromatic rings. The van der Waals surface area contributed by atoms with E-state index in [1.54, 1.807) is 0 Å². The normalized spacial score (nSPS) is 17.3. The van der Waals surface area contributed by atoms with E-state index in [9.17, 15) is 5.11 Å². The quantitative estimate of drug-likeness (QED) is 0.760. The van der Waals surface area contributed by atoms with Crippen LogP contribution in [0.5, 0.6) is 11.5 Å². The lowest BCUT2D eigenvalue weighted by atomic mass is 9.89. The van der Waals surface area contributed by atoms with Crippen LogP contribution in [-0.2, 0) is 0 Å². The predicted molar refractivity (Wildman–Crippen MR) is 84.0 cm³/mol. The van der Waals surface area contributed by atoms with E-state index in [1.807, 2.05) is 24.3 Å². The summed E-state index contributed by atoms with van der Waals surface area (Å²) in [5.74, 6) is 1.75. The molecule has 4 heteroatoms. The van der Waals surface area contributed by atoms with Crippen molar-refractivity contribution in [2.24, 2.45) is 0 Å². The van der Waals surface area contributed by atoms with Crippen molar-refractivity contribution >= 4 is 0 Å². The molecule has 0 aromatic heterocycles. The van der Waals surface area contributed by atoms with Crippen LogP contribution >= 0.6 is 0 Å². The van der Waals surface area contributed by atoms with E-state index < -0.39 is 5.60 Å². The largest absolute Gasteiger partial charge is 0.494 e. The molecule has 1 aromatic carbocycles. The monoisotopic (exact) mass is 293 g/mol. The molecule has 0 spiro atoms. The second-order valence-electron chi connectivity index (χ2n) is 5.85. The van der Waals surface area contributed by atoms with Gasteiger partial charge >= 0.3 is 0 Å². The maximum Gasteiger partial charge on any atom is 0.119 e. The summed E-state index contributed by atoms with van der Waals surface area (Å²) in [6.45, 7) is 8.00. The Hall–Kier alpha value is -1.26. The zero-order valence-electron chi connectivity index (χ0n) is 13.2. The van der Waals surface area contributed by atoms with Crippen molar-refractivity contribution < 1.29 is 14.6 Å². The molecule has 2 rings (SSSR count). The number of likely N-dealkylation sites (tertiary alicyclic amines) is 1. The highest BCUT2D eigenvalue weighted by Gasteiger charge is 2.39. The van der Waals surface area contributed by atoms with E-state index in [4.69, 9.17) is 9.47 Å². The molecule has 0 unspecified atom stereocenters. The summed E-state index contributed by atoms with van der Waals surface area (Å²) in [7, 11) is 0. The van der Waals surface area contributed by atoms with Gasteiger partial charge in [-0.05, 0) is 37.1 Å². The zero-order valence-corrected chi connectivity index (χ0v) is 13.2. The summed E-state index contributed by atoms with van der Waals surface area (Å²) in [4.78, 5) is 2.23. The zero-order chi connectivity index (χ0) is 15.1. The van der Waals surface area contributed by atoms with Crippen LogP contribution in [0.2, 0.25) is 0 Å². The van der Waals surface area contributed by atoms with Crippen LogP contribution in [0.1, 0.15) is 33.1 Å². The molecule has 0 aliphatic carbocycles. The van der Waals surface area contributed by atoms with E-state index in [2.05, 4.69) is 18.7 Å². The molecule has 0 saturated carbocycles.